The Morgan fingerprint density at radius 2 is 2.05 bits per heavy atom. The molecule has 0 aliphatic rings. The van der Waals surface area contributed by atoms with E-state index in [0.717, 1.165) is 12.2 Å². The van der Waals surface area contributed by atoms with Gasteiger partial charge >= 0.3 is 0 Å². The van der Waals surface area contributed by atoms with Crippen molar-refractivity contribution in [1.82, 2.24) is 9.78 Å². The smallest absolute Gasteiger partial charge is 0.0731 e. The second kappa shape index (κ2) is 6.14. The molecule has 2 heterocycles. The molecule has 21 heavy (non-hydrogen) atoms. The highest BCUT2D eigenvalue weighted by atomic mass is 32.1. The summed E-state index contributed by atoms with van der Waals surface area (Å²) >= 11 is 1.80. The van der Waals surface area contributed by atoms with Gasteiger partial charge in [-0.15, -0.1) is 11.3 Å². The molecule has 4 heteroatoms. The third-order valence-electron chi connectivity index (χ3n) is 3.50. The van der Waals surface area contributed by atoms with Gasteiger partial charge in [-0.3, -0.25) is 4.68 Å². The molecule has 3 rings (SSSR count). The molecule has 0 aliphatic carbocycles. The van der Waals surface area contributed by atoms with E-state index in [2.05, 4.69) is 66.2 Å². The lowest BCUT2D eigenvalue weighted by Crippen LogP contribution is -2.05. The Labute approximate surface area is 129 Å². The first-order valence-electron chi connectivity index (χ1n) is 7.09. The lowest BCUT2D eigenvalue weighted by atomic mass is 10.2. The Kier molecular flexibility index (Phi) is 4.06. The molecule has 1 atom stereocenters. The molecule has 1 aromatic carbocycles. The summed E-state index contributed by atoms with van der Waals surface area (Å²) < 4.78 is 1.96. The van der Waals surface area contributed by atoms with Crippen molar-refractivity contribution in [3.8, 4) is 0 Å². The van der Waals surface area contributed by atoms with Gasteiger partial charge in [-0.25, -0.2) is 0 Å². The zero-order valence-electron chi connectivity index (χ0n) is 12.3. The van der Waals surface area contributed by atoms with Crippen molar-refractivity contribution >= 4 is 17.0 Å². The maximum absolute atomic E-state index is 4.43. The average Bonchev–Trinajstić information content (AvgIpc) is 3.09. The van der Waals surface area contributed by atoms with Crippen LogP contribution in [0.15, 0.2) is 54.2 Å². The highest BCUT2D eigenvalue weighted by Gasteiger charge is 2.10. The third-order valence-corrected chi connectivity index (χ3v) is 4.70. The largest absolute Gasteiger partial charge is 0.375 e. The van der Waals surface area contributed by atoms with Gasteiger partial charge < -0.3 is 5.32 Å². The van der Waals surface area contributed by atoms with Crippen molar-refractivity contribution in [2.75, 3.05) is 5.32 Å². The van der Waals surface area contributed by atoms with E-state index < -0.39 is 0 Å². The van der Waals surface area contributed by atoms with E-state index in [4.69, 9.17) is 0 Å². The number of hydrogen-bond donors (Lipinski definition) is 1. The summed E-state index contributed by atoms with van der Waals surface area (Å²) in [5.74, 6) is 0. The number of aromatic nitrogens is 2. The Balaban J connectivity index is 1.67. The minimum atomic E-state index is 0.305. The first-order valence-corrected chi connectivity index (χ1v) is 7.97. The topological polar surface area (TPSA) is 29.9 Å². The van der Waals surface area contributed by atoms with Gasteiger partial charge in [0.25, 0.3) is 0 Å². The van der Waals surface area contributed by atoms with Crippen molar-refractivity contribution in [3.63, 3.8) is 0 Å². The number of thiophene rings is 1. The summed E-state index contributed by atoms with van der Waals surface area (Å²) in [7, 11) is 0. The maximum atomic E-state index is 4.43. The van der Waals surface area contributed by atoms with Crippen LogP contribution in [0.5, 0.6) is 0 Å². The lowest BCUT2D eigenvalue weighted by Gasteiger charge is -2.13. The summed E-state index contributed by atoms with van der Waals surface area (Å²) in [6, 6.07) is 12.8. The SMILES string of the molecule is Cc1ccsc1C(C)Nc1cnn(Cc2ccccc2)c1. The minimum absolute atomic E-state index is 0.305. The minimum Gasteiger partial charge on any atom is -0.375 e. The van der Waals surface area contributed by atoms with E-state index in [1.165, 1.54) is 16.0 Å². The van der Waals surface area contributed by atoms with Crippen LogP contribution in [0.25, 0.3) is 0 Å². The first-order chi connectivity index (χ1) is 10.2. The number of anilines is 1. The van der Waals surface area contributed by atoms with Crippen LogP contribution in [0.1, 0.15) is 29.0 Å². The van der Waals surface area contributed by atoms with Crippen LogP contribution in [-0.2, 0) is 6.54 Å². The Bertz CT molecular complexity index is 700. The predicted octanol–water partition coefficient (Wildman–Crippen LogP) is 4.47. The Morgan fingerprint density at radius 1 is 1.24 bits per heavy atom. The van der Waals surface area contributed by atoms with Crippen molar-refractivity contribution < 1.29 is 0 Å². The highest BCUT2D eigenvalue weighted by Crippen LogP contribution is 2.26. The van der Waals surface area contributed by atoms with Crippen LogP contribution in [0.2, 0.25) is 0 Å². The van der Waals surface area contributed by atoms with Gasteiger partial charge in [0.1, 0.15) is 0 Å². The number of benzene rings is 1. The standard InChI is InChI=1S/C17H19N3S/c1-13-8-9-21-17(13)14(2)19-16-10-18-20(12-16)11-15-6-4-3-5-7-15/h3-10,12,14,19H,11H2,1-2H3. The number of nitrogens with one attached hydrogen (secondary N) is 1. The Morgan fingerprint density at radius 3 is 2.76 bits per heavy atom. The fraction of sp³-hybridized carbons (Fsp3) is 0.235. The molecule has 0 saturated carbocycles. The van der Waals surface area contributed by atoms with Crippen LogP contribution >= 0.6 is 11.3 Å². The van der Waals surface area contributed by atoms with Crippen LogP contribution in [0.4, 0.5) is 5.69 Å². The summed E-state index contributed by atoms with van der Waals surface area (Å²) in [6.07, 6.45) is 3.95. The molecular formula is C17H19N3S. The lowest BCUT2D eigenvalue weighted by molar-refractivity contribution is 0.687. The summed E-state index contributed by atoms with van der Waals surface area (Å²) in [4.78, 5) is 1.38. The zero-order chi connectivity index (χ0) is 14.7. The van der Waals surface area contributed by atoms with E-state index in [0.29, 0.717) is 6.04 Å². The van der Waals surface area contributed by atoms with Crippen molar-refractivity contribution in [3.05, 3.63) is 70.2 Å². The third kappa shape index (κ3) is 3.34. The van der Waals surface area contributed by atoms with E-state index in [1.807, 2.05) is 16.9 Å². The normalized spacial score (nSPS) is 12.3. The first kappa shape index (κ1) is 13.9. The van der Waals surface area contributed by atoms with E-state index in [9.17, 15) is 0 Å². The van der Waals surface area contributed by atoms with Crippen molar-refractivity contribution in [2.45, 2.75) is 26.4 Å². The van der Waals surface area contributed by atoms with Gasteiger partial charge in [0.05, 0.1) is 24.5 Å². The van der Waals surface area contributed by atoms with Crippen molar-refractivity contribution in [1.29, 1.82) is 0 Å². The summed E-state index contributed by atoms with van der Waals surface area (Å²) in [6.45, 7) is 5.14. The van der Waals surface area contributed by atoms with Gasteiger partial charge in [-0.2, -0.15) is 5.10 Å². The van der Waals surface area contributed by atoms with Crippen LogP contribution in [-0.4, -0.2) is 9.78 Å². The van der Waals surface area contributed by atoms with Gasteiger partial charge in [0.15, 0.2) is 0 Å². The number of aryl methyl sites for hydroxylation is 1. The van der Waals surface area contributed by atoms with E-state index in [-0.39, 0.29) is 0 Å². The van der Waals surface area contributed by atoms with Crippen LogP contribution in [0.3, 0.4) is 0 Å². The molecule has 0 fully saturated rings. The molecule has 0 saturated heterocycles. The molecule has 0 amide bonds. The Hall–Kier alpha value is -2.07. The molecule has 2 aromatic heterocycles. The van der Waals surface area contributed by atoms with Gasteiger partial charge in [0, 0.05) is 11.1 Å². The molecule has 1 unspecified atom stereocenters. The van der Waals surface area contributed by atoms with E-state index in [1.54, 1.807) is 11.3 Å². The molecule has 3 aromatic rings. The van der Waals surface area contributed by atoms with Gasteiger partial charge in [-0.05, 0) is 36.4 Å². The second-order valence-electron chi connectivity index (χ2n) is 5.25. The molecule has 108 valence electrons. The second-order valence-corrected chi connectivity index (χ2v) is 6.19. The highest BCUT2D eigenvalue weighted by molar-refractivity contribution is 7.10. The monoisotopic (exact) mass is 297 g/mol. The molecular weight excluding hydrogens is 278 g/mol. The summed E-state index contributed by atoms with van der Waals surface area (Å²) in [5, 5.41) is 10.1. The zero-order valence-corrected chi connectivity index (χ0v) is 13.1. The van der Waals surface area contributed by atoms with Crippen LogP contribution < -0.4 is 5.32 Å². The molecule has 0 aliphatic heterocycles. The maximum Gasteiger partial charge on any atom is 0.0731 e. The number of rotatable bonds is 5. The molecule has 0 spiro atoms. The number of hydrogen-bond acceptors (Lipinski definition) is 3. The predicted molar refractivity (Wildman–Crippen MR) is 88.9 cm³/mol. The van der Waals surface area contributed by atoms with Crippen molar-refractivity contribution in [2.24, 2.45) is 0 Å². The number of nitrogens with zero attached hydrogens (tertiary/aromatic N) is 2. The quantitative estimate of drug-likeness (QED) is 0.752. The molecule has 0 radical (unpaired) electrons. The average molecular weight is 297 g/mol. The molecule has 3 nitrogen and oxygen atoms in total. The van der Waals surface area contributed by atoms with Crippen LogP contribution in [0, 0.1) is 6.92 Å². The fourth-order valence-corrected chi connectivity index (χ4v) is 3.37. The fourth-order valence-electron chi connectivity index (χ4n) is 2.44. The molecule has 1 N–H and O–H groups in total. The van der Waals surface area contributed by atoms with Gasteiger partial charge in [0.2, 0.25) is 0 Å². The summed E-state index contributed by atoms with van der Waals surface area (Å²) in [5.41, 5.74) is 3.66. The van der Waals surface area contributed by atoms with E-state index >= 15 is 0 Å². The molecule has 0 bridgehead atoms. The van der Waals surface area contributed by atoms with Gasteiger partial charge in [-0.1, -0.05) is 30.3 Å².